The fourth-order valence-electron chi connectivity index (χ4n) is 3.35. The SMILES string of the molecule is CCCC(=O)OCC(COC(=O)CCC)(COC(=O)CCC)COC(=O)CCC.[CH2]C([CH2])(COC(=O)CCC)COC(=O)CCC. The molecule has 0 aromatic rings. The lowest BCUT2D eigenvalue weighted by atomic mass is 9.92. The quantitative estimate of drug-likeness (QED) is 0.0925. The van der Waals surface area contributed by atoms with Crippen molar-refractivity contribution in [1.29, 1.82) is 0 Å². The van der Waals surface area contributed by atoms with Crippen LogP contribution in [0.2, 0.25) is 0 Å². The summed E-state index contributed by atoms with van der Waals surface area (Å²) in [6.45, 7) is 18.1. The number of esters is 6. The Morgan fingerprint density at radius 2 is 0.543 bits per heavy atom. The number of hydrogen-bond acceptors (Lipinski definition) is 12. The van der Waals surface area contributed by atoms with Crippen LogP contribution in [0.25, 0.3) is 0 Å². The van der Waals surface area contributed by atoms with Crippen molar-refractivity contribution in [3.8, 4) is 0 Å². The molecule has 0 aromatic heterocycles. The van der Waals surface area contributed by atoms with Gasteiger partial charge < -0.3 is 28.4 Å². The molecule has 0 saturated heterocycles. The van der Waals surface area contributed by atoms with Gasteiger partial charge in [0.15, 0.2) is 0 Å². The molecule has 0 heterocycles. The Kier molecular flexibility index (Phi) is 26.4. The molecule has 46 heavy (non-hydrogen) atoms. The summed E-state index contributed by atoms with van der Waals surface area (Å²) in [7, 11) is 0. The number of rotatable bonds is 24. The maximum atomic E-state index is 11.9. The minimum absolute atomic E-state index is 0.0608. The summed E-state index contributed by atoms with van der Waals surface area (Å²) in [6, 6.07) is 0. The van der Waals surface area contributed by atoms with Crippen LogP contribution in [0.5, 0.6) is 0 Å². The van der Waals surface area contributed by atoms with Crippen LogP contribution in [-0.4, -0.2) is 75.5 Å². The van der Waals surface area contributed by atoms with Gasteiger partial charge in [0.1, 0.15) is 45.1 Å². The third-order valence-corrected chi connectivity index (χ3v) is 5.96. The normalized spacial score (nSPS) is 11.0. The first-order valence-corrected chi connectivity index (χ1v) is 16.4. The summed E-state index contributed by atoms with van der Waals surface area (Å²) in [4.78, 5) is 69.8. The van der Waals surface area contributed by atoms with Crippen LogP contribution in [0.4, 0.5) is 0 Å². The summed E-state index contributed by atoms with van der Waals surface area (Å²) in [5.74, 6) is -2.23. The van der Waals surface area contributed by atoms with E-state index in [1.807, 2.05) is 41.5 Å². The van der Waals surface area contributed by atoms with E-state index in [1.165, 1.54) is 0 Å². The molecule has 0 aliphatic heterocycles. The van der Waals surface area contributed by atoms with Gasteiger partial charge in [0.2, 0.25) is 0 Å². The zero-order valence-electron chi connectivity index (χ0n) is 29.0. The molecule has 0 unspecified atom stereocenters. The fraction of sp³-hybridized carbons (Fsp3) is 0.765. The Morgan fingerprint density at radius 3 is 0.717 bits per heavy atom. The van der Waals surface area contributed by atoms with Gasteiger partial charge in [-0.1, -0.05) is 41.5 Å². The molecular formula is C34H58O12. The third kappa shape index (κ3) is 25.1. The van der Waals surface area contributed by atoms with Crippen molar-refractivity contribution in [3.05, 3.63) is 13.8 Å². The molecule has 0 bridgehead atoms. The van der Waals surface area contributed by atoms with E-state index in [0.717, 1.165) is 12.8 Å². The van der Waals surface area contributed by atoms with Gasteiger partial charge in [-0.2, -0.15) is 0 Å². The lowest BCUT2D eigenvalue weighted by Gasteiger charge is -2.31. The zero-order valence-corrected chi connectivity index (χ0v) is 29.0. The van der Waals surface area contributed by atoms with E-state index in [0.29, 0.717) is 38.5 Å². The molecule has 0 rings (SSSR count). The molecule has 0 amide bonds. The standard InChI is InChI=1S/C21H36O8.C13H22O4/c1-5-9-17(22)26-13-21(14-27-18(23)10-6-2,15-28-19(24)11-7-3)16-29-20(25)12-8-4;1-5-7-11(14)16-9-13(3,4)10-17-12(15)8-6-2/h5-16H2,1-4H3;3-10H2,1-2H3. The van der Waals surface area contributed by atoms with Crippen molar-refractivity contribution in [2.75, 3.05) is 39.6 Å². The van der Waals surface area contributed by atoms with Crippen LogP contribution in [0.3, 0.4) is 0 Å². The second-order valence-corrected chi connectivity index (χ2v) is 11.5. The van der Waals surface area contributed by atoms with Crippen LogP contribution < -0.4 is 0 Å². The summed E-state index contributed by atoms with van der Waals surface area (Å²) >= 11 is 0. The lowest BCUT2D eigenvalue weighted by Crippen LogP contribution is -2.44. The molecule has 0 aliphatic carbocycles. The molecule has 12 heteroatoms. The molecule has 266 valence electrons. The predicted octanol–water partition coefficient (Wildman–Crippen LogP) is 5.67. The van der Waals surface area contributed by atoms with Crippen molar-refractivity contribution in [2.45, 2.75) is 119 Å². The number of hydrogen-bond donors (Lipinski definition) is 0. The van der Waals surface area contributed by atoms with Crippen molar-refractivity contribution < 1.29 is 57.2 Å². The van der Waals surface area contributed by atoms with Crippen LogP contribution >= 0.6 is 0 Å². The summed E-state index contributed by atoms with van der Waals surface area (Å²) in [5, 5.41) is 0. The van der Waals surface area contributed by atoms with E-state index < -0.39 is 34.7 Å². The van der Waals surface area contributed by atoms with Gasteiger partial charge in [-0.05, 0) is 52.4 Å². The molecule has 0 saturated carbocycles. The molecule has 12 nitrogen and oxygen atoms in total. The van der Waals surface area contributed by atoms with Crippen molar-refractivity contribution >= 4 is 35.8 Å². The van der Waals surface area contributed by atoms with Gasteiger partial charge in [0, 0.05) is 43.9 Å². The smallest absolute Gasteiger partial charge is 0.305 e. The molecule has 0 spiro atoms. The highest BCUT2D eigenvalue weighted by atomic mass is 16.6. The van der Waals surface area contributed by atoms with E-state index >= 15 is 0 Å². The first kappa shape index (κ1) is 44.9. The van der Waals surface area contributed by atoms with Crippen LogP contribution in [0, 0.1) is 24.7 Å². The largest absolute Gasteiger partial charge is 0.465 e. The summed E-state index contributed by atoms with van der Waals surface area (Å²) in [5.41, 5.74) is -1.98. The van der Waals surface area contributed by atoms with E-state index in [1.54, 1.807) is 0 Å². The zero-order chi connectivity index (χ0) is 35.4. The third-order valence-electron chi connectivity index (χ3n) is 5.96. The van der Waals surface area contributed by atoms with E-state index in [-0.39, 0.29) is 77.3 Å². The van der Waals surface area contributed by atoms with Crippen molar-refractivity contribution in [1.82, 2.24) is 0 Å². The van der Waals surface area contributed by atoms with Gasteiger partial charge in [-0.15, -0.1) is 0 Å². The molecule has 2 radical (unpaired) electrons. The minimum Gasteiger partial charge on any atom is -0.465 e. The van der Waals surface area contributed by atoms with Gasteiger partial charge in [-0.3, -0.25) is 28.8 Å². The number of ether oxygens (including phenoxy) is 6. The number of carbonyl (C=O) groups is 6. The Morgan fingerprint density at radius 1 is 0.370 bits per heavy atom. The second kappa shape index (κ2) is 27.0. The van der Waals surface area contributed by atoms with E-state index in [2.05, 4.69) is 13.8 Å². The average molecular weight is 659 g/mol. The minimum atomic E-state index is -1.15. The van der Waals surface area contributed by atoms with Gasteiger partial charge in [-0.25, -0.2) is 0 Å². The topological polar surface area (TPSA) is 158 Å². The van der Waals surface area contributed by atoms with Crippen molar-refractivity contribution in [2.24, 2.45) is 10.8 Å². The Labute approximate surface area is 275 Å². The Bertz CT molecular complexity index is 779. The number of carbonyl (C=O) groups excluding carboxylic acids is 6. The van der Waals surface area contributed by atoms with Crippen LogP contribution in [-0.2, 0) is 57.2 Å². The maximum Gasteiger partial charge on any atom is 0.305 e. The molecule has 0 atom stereocenters. The second-order valence-electron chi connectivity index (χ2n) is 11.5. The molecule has 0 fully saturated rings. The fourth-order valence-corrected chi connectivity index (χ4v) is 3.35. The Balaban J connectivity index is 0. The first-order chi connectivity index (χ1) is 21.7. The average Bonchev–Trinajstić information content (AvgIpc) is 3.00. The highest BCUT2D eigenvalue weighted by molar-refractivity contribution is 5.71. The monoisotopic (exact) mass is 658 g/mol. The van der Waals surface area contributed by atoms with Gasteiger partial charge >= 0.3 is 35.8 Å². The first-order valence-electron chi connectivity index (χ1n) is 16.4. The summed E-state index contributed by atoms with van der Waals surface area (Å²) in [6.07, 6.45) is 5.65. The van der Waals surface area contributed by atoms with Crippen LogP contribution in [0.1, 0.15) is 119 Å². The maximum absolute atomic E-state index is 11.9. The Hall–Kier alpha value is -3.18. The highest BCUT2D eigenvalue weighted by Crippen LogP contribution is 2.23. The summed E-state index contributed by atoms with van der Waals surface area (Å²) < 4.78 is 31.2. The van der Waals surface area contributed by atoms with Crippen molar-refractivity contribution in [3.63, 3.8) is 0 Å². The predicted molar refractivity (Wildman–Crippen MR) is 171 cm³/mol. The molecule has 0 aliphatic rings. The van der Waals surface area contributed by atoms with E-state index in [4.69, 9.17) is 28.4 Å². The van der Waals surface area contributed by atoms with E-state index in [9.17, 15) is 28.8 Å². The molecular weight excluding hydrogens is 600 g/mol. The lowest BCUT2D eigenvalue weighted by molar-refractivity contribution is -0.171. The highest BCUT2D eigenvalue weighted by Gasteiger charge is 2.37. The van der Waals surface area contributed by atoms with Crippen LogP contribution in [0.15, 0.2) is 0 Å². The molecule has 0 aromatic carbocycles. The van der Waals surface area contributed by atoms with Gasteiger partial charge in [0.25, 0.3) is 0 Å². The van der Waals surface area contributed by atoms with Gasteiger partial charge in [0.05, 0.1) is 0 Å². The molecule has 0 N–H and O–H groups in total.